The Labute approximate surface area is 140 Å². The fourth-order valence-corrected chi connectivity index (χ4v) is 1.44. The highest BCUT2D eigenvalue weighted by atomic mass is 16.3. The van der Waals surface area contributed by atoms with E-state index in [9.17, 15) is 9.90 Å². The van der Waals surface area contributed by atoms with Crippen LogP contribution in [-0.4, -0.2) is 10.9 Å². The molecule has 0 saturated heterocycles. The van der Waals surface area contributed by atoms with Gasteiger partial charge in [0.25, 0.3) is 0 Å². The van der Waals surface area contributed by atoms with Crippen LogP contribution in [0.25, 0.3) is 0 Å². The van der Waals surface area contributed by atoms with Gasteiger partial charge in [0.1, 0.15) is 11.5 Å². The monoisotopic (exact) mass is 312 g/mol. The maximum Gasteiger partial charge on any atom is 0.134 e. The number of phenols is 1. The third-order valence-corrected chi connectivity index (χ3v) is 2.00. The van der Waals surface area contributed by atoms with Gasteiger partial charge in [-0.05, 0) is 37.5 Å². The zero-order chi connectivity index (χ0) is 18.7. The highest BCUT2D eigenvalue weighted by Gasteiger charge is 2.04. The third-order valence-electron chi connectivity index (χ3n) is 2.00. The quantitative estimate of drug-likeness (QED) is 0.665. The molecule has 132 valence electrons. The predicted molar refractivity (Wildman–Crippen MR) is 102 cm³/mol. The normalized spacial score (nSPS) is 7.59. The predicted octanol–water partition coefficient (Wildman–Crippen LogP) is 6.64. The lowest BCUT2D eigenvalue weighted by atomic mass is 10.0. The van der Waals surface area contributed by atoms with Crippen molar-refractivity contribution in [2.75, 3.05) is 0 Å². The van der Waals surface area contributed by atoms with Crippen molar-refractivity contribution in [3.8, 4) is 5.75 Å². The summed E-state index contributed by atoms with van der Waals surface area (Å²) >= 11 is 0. The van der Waals surface area contributed by atoms with Crippen LogP contribution < -0.4 is 0 Å². The van der Waals surface area contributed by atoms with Crippen molar-refractivity contribution in [1.29, 1.82) is 0 Å². The summed E-state index contributed by atoms with van der Waals surface area (Å²) in [6.07, 6.45) is 1.70. The topological polar surface area (TPSA) is 37.3 Å². The molecule has 2 heteroatoms. The van der Waals surface area contributed by atoms with E-state index in [2.05, 4.69) is 13.8 Å². The number of carbonyl (C=O) groups excluding carboxylic acids is 1. The molecule has 0 fully saturated rings. The second-order valence-electron chi connectivity index (χ2n) is 4.16. The van der Waals surface area contributed by atoms with Gasteiger partial charge in [-0.15, -0.1) is 0 Å². The average molecular weight is 313 g/mol. The fraction of sp³-hybridized carbons (Fsp3) is 0.650. The zero-order valence-electron chi connectivity index (χ0n) is 16.9. The maximum atomic E-state index is 10.9. The Balaban J connectivity index is -0.000000153. The van der Waals surface area contributed by atoms with Crippen LogP contribution in [0.1, 0.15) is 85.4 Å². The number of rotatable bonds is 2. The lowest BCUT2D eigenvalue weighted by molar-refractivity contribution is -0.116. The molecule has 1 N–H and O–H groups in total. The number of ketones is 1. The molecule has 0 atom stereocenters. The van der Waals surface area contributed by atoms with Crippen LogP contribution in [0.4, 0.5) is 0 Å². The molecule has 1 rings (SSSR count). The van der Waals surface area contributed by atoms with Gasteiger partial charge in [0.05, 0.1) is 0 Å². The van der Waals surface area contributed by atoms with Gasteiger partial charge in [0.2, 0.25) is 0 Å². The Kier molecular flexibility index (Phi) is 28.8. The molecule has 0 aliphatic heterocycles. The van der Waals surface area contributed by atoms with Crippen LogP contribution in [0.2, 0.25) is 0 Å². The summed E-state index contributed by atoms with van der Waals surface area (Å²) in [7, 11) is 0. The van der Waals surface area contributed by atoms with Crippen LogP contribution in [0.5, 0.6) is 5.75 Å². The van der Waals surface area contributed by atoms with E-state index in [4.69, 9.17) is 0 Å². The van der Waals surface area contributed by atoms with E-state index >= 15 is 0 Å². The Morgan fingerprint density at radius 1 is 0.909 bits per heavy atom. The molecule has 2 nitrogen and oxygen atoms in total. The fourth-order valence-electron chi connectivity index (χ4n) is 1.44. The minimum atomic E-state index is 0.143. The lowest BCUT2D eigenvalue weighted by Gasteiger charge is -2.06. The molecule has 0 radical (unpaired) electrons. The van der Waals surface area contributed by atoms with Gasteiger partial charge >= 0.3 is 0 Å². The standard InChI is InChI=1S/C11H14O2.C3H8.3C2H6/c1-7-4-10(6-9(3)12)5-8(2)11(7)13;1-3-2;3*1-2/h4-5,13H,6H2,1-3H3;3H2,1-2H3;3*1-2H3. The van der Waals surface area contributed by atoms with E-state index < -0.39 is 0 Å². The second kappa shape index (κ2) is 22.0. The maximum absolute atomic E-state index is 10.9. The van der Waals surface area contributed by atoms with Crippen molar-refractivity contribution in [3.05, 3.63) is 28.8 Å². The van der Waals surface area contributed by atoms with Gasteiger partial charge in [0, 0.05) is 6.42 Å². The minimum Gasteiger partial charge on any atom is -0.507 e. The summed E-state index contributed by atoms with van der Waals surface area (Å²) in [5.74, 6) is 0.469. The molecule has 1 aromatic rings. The van der Waals surface area contributed by atoms with E-state index in [1.807, 2.05) is 67.5 Å². The molecule has 0 aromatic heterocycles. The summed E-state index contributed by atoms with van der Waals surface area (Å²) < 4.78 is 0. The van der Waals surface area contributed by atoms with Crippen molar-refractivity contribution < 1.29 is 9.90 Å². The number of Topliss-reactive ketones (excluding diaryl/α,β-unsaturated/α-hetero) is 1. The summed E-state index contributed by atoms with van der Waals surface area (Å²) in [5.41, 5.74) is 2.63. The summed E-state index contributed by atoms with van der Waals surface area (Å²) in [6, 6.07) is 3.70. The molecular formula is C20H40O2. The second-order valence-corrected chi connectivity index (χ2v) is 4.16. The number of aryl methyl sites for hydroxylation is 2. The number of carbonyl (C=O) groups is 1. The molecule has 0 aliphatic rings. The van der Waals surface area contributed by atoms with Crippen LogP contribution >= 0.6 is 0 Å². The van der Waals surface area contributed by atoms with Gasteiger partial charge in [-0.1, -0.05) is 73.9 Å². The minimum absolute atomic E-state index is 0.143. The largest absolute Gasteiger partial charge is 0.507 e. The first-order chi connectivity index (χ1) is 10.4. The molecule has 0 aliphatic carbocycles. The SMILES string of the molecule is CC.CC.CC.CC(=O)Cc1cc(C)c(O)c(C)c1.CCC. The Morgan fingerprint density at radius 2 is 1.18 bits per heavy atom. The lowest BCUT2D eigenvalue weighted by Crippen LogP contribution is -1.97. The van der Waals surface area contributed by atoms with Crippen LogP contribution in [-0.2, 0) is 11.2 Å². The van der Waals surface area contributed by atoms with Gasteiger partial charge in [-0.25, -0.2) is 0 Å². The van der Waals surface area contributed by atoms with Crippen molar-refractivity contribution >= 4 is 5.78 Å². The molecule has 0 spiro atoms. The first-order valence-corrected chi connectivity index (χ1v) is 8.70. The number of benzene rings is 1. The van der Waals surface area contributed by atoms with Crippen molar-refractivity contribution in [2.24, 2.45) is 0 Å². The van der Waals surface area contributed by atoms with Crippen LogP contribution in [0.15, 0.2) is 12.1 Å². The number of hydrogen-bond acceptors (Lipinski definition) is 2. The average Bonchev–Trinajstić information content (AvgIpc) is 2.51. The Morgan fingerprint density at radius 3 is 1.41 bits per heavy atom. The highest BCUT2D eigenvalue weighted by molar-refractivity contribution is 5.78. The molecule has 22 heavy (non-hydrogen) atoms. The first kappa shape index (κ1) is 28.8. The van der Waals surface area contributed by atoms with E-state index in [1.54, 1.807) is 6.92 Å². The molecular weight excluding hydrogens is 272 g/mol. The van der Waals surface area contributed by atoms with Gasteiger partial charge < -0.3 is 5.11 Å². The van der Waals surface area contributed by atoms with E-state index in [0.29, 0.717) is 12.2 Å². The Hall–Kier alpha value is -1.31. The van der Waals surface area contributed by atoms with Crippen LogP contribution in [0, 0.1) is 13.8 Å². The van der Waals surface area contributed by atoms with Crippen molar-refractivity contribution in [1.82, 2.24) is 0 Å². The molecule has 0 heterocycles. The smallest absolute Gasteiger partial charge is 0.134 e. The zero-order valence-corrected chi connectivity index (χ0v) is 16.9. The van der Waals surface area contributed by atoms with Gasteiger partial charge in [-0.3, -0.25) is 4.79 Å². The summed E-state index contributed by atoms with van der Waals surface area (Å²) in [5, 5.41) is 9.48. The molecule has 0 unspecified atom stereocenters. The number of hydrogen-bond donors (Lipinski definition) is 1. The third kappa shape index (κ3) is 16.7. The highest BCUT2D eigenvalue weighted by Crippen LogP contribution is 2.23. The van der Waals surface area contributed by atoms with Gasteiger partial charge in [0.15, 0.2) is 0 Å². The first-order valence-electron chi connectivity index (χ1n) is 8.70. The van der Waals surface area contributed by atoms with Crippen LogP contribution in [0.3, 0.4) is 0 Å². The molecule has 0 bridgehead atoms. The summed E-state index contributed by atoms with van der Waals surface area (Å²) in [4.78, 5) is 10.9. The van der Waals surface area contributed by atoms with E-state index in [0.717, 1.165) is 16.7 Å². The molecule has 0 amide bonds. The molecule has 0 saturated carbocycles. The number of aromatic hydroxyl groups is 1. The Bertz CT molecular complexity index is 332. The van der Waals surface area contributed by atoms with E-state index in [1.165, 1.54) is 6.42 Å². The van der Waals surface area contributed by atoms with Gasteiger partial charge in [-0.2, -0.15) is 0 Å². The molecule has 1 aromatic carbocycles. The van der Waals surface area contributed by atoms with Crippen molar-refractivity contribution in [3.63, 3.8) is 0 Å². The van der Waals surface area contributed by atoms with E-state index in [-0.39, 0.29) is 5.78 Å². The van der Waals surface area contributed by atoms with Crippen molar-refractivity contribution in [2.45, 2.75) is 89.0 Å². The number of phenolic OH excluding ortho intramolecular Hbond substituents is 1. The summed E-state index contributed by atoms with van der Waals surface area (Å²) in [6.45, 7) is 21.5.